The number of nitrogens with zero attached hydrogens (tertiary/aromatic N) is 1. The number of anilines is 1. The van der Waals surface area contributed by atoms with Gasteiger partial charge in [-0.2, -0.15) is 0 Å². The molecule has 2 amide bonds. The Bertz CT molecular complexity index is 557. The van der Waals surface area contributed by atoms with Crippen molar-refractivity contribution in [2.24, 2.45) is 11.7 Å². The minimum Gasteiger partial charge on any atom is -0.369 e. The molecule has 22 heavy (non-hydrogen) atoms. The van der Waals surface area contributed by atoms with Crippen LogP contribution in [0.4, 0.5) is 5.69 Å². The van der Waals surface area contributed by atoms with Crippen molar-refractivity contribution in [1.29, 1.82) is 0 Å². The quantitative estimate of drug-likeness (QED) is 0.869. The number of hydrogen-bond acceptors (Lipinski definition) is 3. The topological polar surface area (TPSA) is 75.4 Å². The predicted molar refractivity (Wildman–Crippen MR) is 87.5 cm³/mol. The maximum Gasteiger partial charge on any atom is 0.238 e. The number of nitrogens with two attached hydrogens (primary N) is 1. The van der Waals surface area contributed by atoms with Crippen molar-refractivity contribution < 1.29 is 9.59 Å². The van der Waals surface area contributed by atoms with E-state index in [9.17, 15) is 9.59 Å². The summed E-state index contributed by atoms with van der Waals surface area (Å²) >= 11 is 0. The van der Waals surface area contributed by atoms with Crippen LogP contribution in [0, 0.1) is 12.8 Å². The SMILES string of the molecule is CCc1cccc(C)c1NC(=O)CN1CCC[C@@H](C(N)=O)C1. The summed E-state index contributed by atoms with van der Waals surface area (Å²) in [5.74, 6) is -0.433. The van der Waals surface area contributed by atoms with Crippen molar-refractivity contribution in [1.82, 2.24) is 4.90 Å². The van der Waals surface area contributed by atoms with Crippen molar-refractivity contribution in [2.75, 3.05) is 25.0 Å². The summed E-state index contributed by atoms with van der Waals surface area (Å²) in [5, 5.41) is 3.02. The van der Waals surface area contributed by atoms with Crippen molar-refractivity contribution in [3.8, 4) is 0 Å². The van der Waals surface area contributed by atoms with Gasteiger partial charge in [0.25, 0.3) is 0 Å². The first-order chi connectivity index (χ1) is 10.5. The molecular weight excluding hydrogens is 278 g/mol. The summed E-state index contributed by atoms with van der Waals surface area (Å²) in [6, 6.07) is 6.04. The van der Waals surface area contributed by atoms with E-state index in [1.54, 1.807) is 0 Å². The molecule has 1 heterocycles. The fourth-order valence-corrected chi connectivity index (χ4v) is 3.02. The van der Waals surface area contributed by atoms with Crippen molar-refractivity contribution >= 4 is 17.5 Å². The molecule has 0 unspecified atom stereocenters. The fraction of sp³-hybridized carbons (Fsp3) is 0.529. The van der Waals surface area contributed by atoms with Gasteiger partial charge < -0.3 is 11.1 Å². The Balaban J connectivity index is 1.97. The van der Waals surface area contributed by atoms with Crippen LogP contribution in [0.25, 0.3) is 0 Å². The minimum atomic E-state index is -0.266. The maximum absolute atomic E-state index is 12.3. The van der Waals surface area contributed by atoms with E-state index < -0.39 is 0 Å². The molecule has 1 fully saturated rings. The van der Waals surface area contributed by atoms with Gasteiger partial charge in [-0.3, -0.25) is 14.5 Å². The first-order valence-electron chi connectivity index (χ1n) is 7.91. The number of aryl methyl sites for hydroxylation is 2. The molecule has 1 aromatic rings. The lowest BCUT2D eigenvalue weighted by molar-refractivity contribution is -0.125. The average Bonchev–Trinajstić information content (AvgIpc) is 2.49. The molecule has 2 rings (SSSR count). The molecule has 0 aliphatic carbocycles. The number of primary amides is 1. The number of para-hydroxylation sites is 1. The zero-order valence-electron chi connectivity index (χ0n) is 13.4. The second-order valence-corrected chi connectivity index (χ2v) is 5.99. The zero-order chi connectivity index (χ0) is 16.1. The number of nitrogens with one attached hydrogen (secondary N) is 1. The molecule has 3 N–H and O–H groups in total. The lowest BCUT2D eigenvalue weighted by atomic mass is 9.97. The second-order valence-electron chi connectivity index (χ2n) is 5.99. The molecule has 0 radical (unpaired) electrons. The van der Waals surface area contributed by atoms with Crippen molar-refractivity contribution in [3.63, 3.8) is 0 Å². The normalized spacial score (nSPS) is 18.9. The van der Waals surface area contributed by atoms with E-state index in [1.807, 2.05) is 30.0 Å². The Morgan fingerprint density at radius 1 is 1.41 bits per heavy atom. The molecule has 5 nitrogen and oxygen atoms in total. The van der Waals surface area contributed by atoms with E-state index >= 15 is 0 Å². The largest absolute Gasteiger partial charge is 0.369 e. The Kier molecular flexibility index (Phi) is 5.55. The van der Waals surface area contributed by atoms with E-state index in [-0.39, 0.29) is 17.7 Å². The predicted octanol–water partition coefficient (Wildman–Crippen LogP) is 1.69. The van der Waals surface area contributed by atoms with Crippen LogP contribution in [-0.2, 0) is 16.0 Å². The van der Waals surface area contributed by atoms with E-state index in [0.717, 1.165) is 42.6 Å². The highest BCUT2D eigenvalue weighted by Crippen LogP contribution is 2.21. The minimum absolute atomic E-state index is 0.0332. The van der Waals surface area contributed by atoms with Gasteiger partial charge in [0, 0.05) is 12.2 Å². The van der Waals surface area contributed by atoms with Crippen LogP contribution < -0.4 is 11.1 Å². The van der Waals surface area contributed by atoms with Gasteiger partial charge in [-0.25, -0.2) is 0 Å². The van der Waals surface area contributed by atoms with Crippen LogP contribution in [-0.4, -0.2) is 36.3 Å². The third-order valence-electron chi connectivity index (χ3n) is 4.28. The number of likely N-dealkylation sites (tertiary alicyclic amines) is 1. The van der Waals surface area contributed by atoms with Gasteiger partial charge in [0.05, 0.1) is 12.5 Å². The van der Waals surface area contributed by atoms with E-state index in [4.69, 9.17) is 5.73 Å². The maximum atomic E-state index is 12.3. The number of amides is 2. The van der Waals surface area contributed by atoms with Gasteiger partial charge in [-0.15, -0.1) is 0 Å². The molecule has 0 bridgehead atoms. The molecule has 1 atom stereocenters. The molecule has 0 saturated carbocycles. The molecule has 5 heteroatoms. The Labute approximate surface area is 131 Å². The van der Waals surface area contributed by atoms with Crippen LogP contribution in [0.1, 0.15) is 30.9 Å². The van der Waals surface area contributed by atoms with Crippen molar-refractivity contribution in [2.45, 2.75) is 33.1 Å². The molecule has 1 aromatic carbocycles. The number of carbonyl (C=O) groups excluding carboxylic acids is 2. The highest BCUT2D eigenvalue weighted by Gasteiger charge is 2.25. The summed E-state index contributed by atoms with van der Waals surface area (Å²) in [5.41, 5.74) is 8.50. The lowest BCUT2D eigenvalue weighted by Gasteiger charge is -2.30. The van der Waals surface area contributed by atoms with Crippen LogP contribution >= 0.6 is 0 Å². The summed E-state index contributed by atoms with van der Waals surface area (Å²) < 4.78 is 0. The third kappa shape index (κ3) is 4.07. The van der Waals surface area contributed by atoms with E-state index in [2.05, 4.69) is 12.2 Å². The summed E-state index contributed by atoms with van der Waals surface area (Å²) in [6.45, 7) is 5.80. The Morgan fingerprint density at radius 2 is 2.18 bits per heavy atom. The van der Waals surface area contributed by atoms with Crippen LogP contribution in [0.3, 0.4) is 0 Å². The first-order valence-corrected chi connectivity index (χ1v) is 7.91. The van der Waals surface area contributed by atoms with Gasteiger partial charge in [-0.05, 0) is 43.9 Å². The van der Waals surface area contributed by atoms with Crippen molar-refractivity contribution in [3.05, 3.63) is 29.3 Å². The highest BCUT2D eigenvalue weighted by molar-refractivity contribution is 5.93. The molecule has 0 aromatic heterocycles. The van der Waals surface area contributed by atoms with Gasteiger partial charge in [0.1, 0.15) is 0 Å². The van der Waals surface area contributed by atoms with Crippen LogP contribution in [0.2, 0.25) is 0 Å². The van der Waals surface area contributed by atoms with Crippen LogP contribution in [0.15, 0.2) is 18.2 Å². The number of piperidine rings is 1. The summed E-state index contributed by atoms with van der Waals surface area (Å²) in [7, 11) is 0. The molecule has 120 valence electrons. The second kappa shape index (κ2) is 7.40. The molecule has 1 aliphatic heterocycles. The third-order valence-corrected chi connectivity index (χ3v) is 4.28. The zero-order valence-corrected chi connectivity index (χ0v) is 13.4. The number of benzene rings is 1. The van der Waals surface area contributed by atoms with Gasteiger partial charge in [-0.1, -0.05) is 25.1 Å². The van der Waals surface area contributed by atoms with Gasteiger partial charge in [0.15, 0.2) is 0 Å². The molecular formula is C17H25N3O2. The van der Waals surface area contributed by atoms with Gasteiger partial charge >= 0.3 is 0 Å². The Morgan fingerprint density at radius 3 is 2.86 bits per heavy atom. The lowest BCUT2D eigenvalue weighted by Crippen LogP contribution is -2.44. The van der Waals surface area contributed by atoms with Gasteiger partial charge in [0.2, 0.25) is 11.8 Å². The Hall–Kier alpha value is -1.88. The smallest absolute Gasteiger partial charge is 0.238 e. The number of carbonyl (C=O) groups is 2. The van der Waals surface area contributed by atoms with E-state index in [1.165, 1.54) is 0 Å². The highest BCUT2D eigenvalue weighted by atomic mass is 16.2. The average molecular weight is 303 g/mol. The van der Waals surface area contributed by atoms with Crippen LogP contribution in [0.5, 0.6) is 0 Å². The standard InChI is InChI=1S/C17H25N3O2/c1-3-13-7-4-6-12(2)16(13)19-15(21)11-20-9-5-8-14(10-20)17(18)22/h4,6-7,14H,3,5,8-11H2,1-2H3,(H2,18,22)(H,19,21)/t14-/m1/s1. The summed E-state index contributed by atoms with van der Waals surface area (Å²) in [4.78, 5) is 25.6. The monoisotopic (exact) mass is 303 g/mol. The molecule has 1 aliphatic rings. The molecule has 1 saturated heterocycles. The van der Waals surface area contributed by atoms with E-state index in [0.29, 0.717) is 13.1 Å². The number of rotatable bonds is 5. The fourth-order valence-electron chi connectivity index (χ4n) is 3.02. The molecule has 0 spiro atoms. The number of hydrogen-bond donors (Lipinski definition) is 2. The summed E-state index contributed by atoms with van der Waals surface area (Å²) in [6.07, 6.45) is 2.61. The first kappa shape index (κ1) is 16.5.